The highest BCUT2D eigenvalue weighted by Gasteiger charge is 2.41. The Morgan fingerprint density at radius 3 is 2.15 bits per heavy atom. The van der Waals surface area contributed by atoms with Gasteiger partial charge in [0.2, 0.25) is 5.89 Å². The SMILES string of the molecule is Fc1ccc(Cc2noc(C3(c4ccc(F)cc4)CCOCC3)n2)cc1. The van der Waals surface area contributed by atoms with Gasteiger partial charge >= 0.3 is 0 Å². The van der Waals surface area contributed by atoms with Crippen LogP contribution in [0.5, 0.6) is 0 Å². The summed E-state index contributed by atoms with van der Waals surface area (Å²) in [5, 5.41) is 4.10. The summed E-state index contributed by atoms with van der Waals surface area (Å²) in [4.78, 5) is 4.60. The standard InChI is InChI=1S/C20H18F2N2O2/c21-16-5-1-14(2-6-16)13-18-23-19(26-24-18)20(9-11-25-12-10-20)15-3-7-17(22)8-4-15/h1-8H,9-13H2. The number of hydrogen-bond acceptors (Lipinski definition) is 4. The number of aromatic nitrogens is 2. The first kappa shape index (κ1) is 16.8. The van der Waals surface area contributed by atoms with Gasteiger partial charge in [0, 0.05) is 19.6 Å². The van der Waals surface area contributed by atoms with Crippen molar-refractivity contribution in [2.24, 2.45) is 0 Å². The van der Waals surface area contributed by atoms with Crippen LogP contribution < -0.4 is 0 Å². The fourth-order valence-corrected chi connectivity index (χ4v) is 3.42. The van der Waals surface area contributed by atoms with Crippen molar-refractivity contribution in [2.75, 3.05) is 13.2 Å². The minimum atomic E-state index is -0.472. The van der Waals surface area contributed by atoms with Gasteiger partial charge in [0.15, 0.2) is 5.82 Å². The van der Waals surface area contributed by atoms with Gasteiger partial charge in [-0.2, -0.15) is 4.98 Å². The Morgan fingerprint density at radius 2 is 1.50 bits per heavy atom. The summed E-state index contributed by atoms with van der Waals surface area (Å²) in [6, 6.07) is 12.7. The summed E-state index contributed by atoms with van der Waals surface area (Å²) in [5.74, 6) is 0.502. The molecular weight excluding hydrogens is 338 g/mol. The van der Waals surface area contributed by atoms with Crippen molar-refractivity contribution in [3.05, 3.63) is 83.0 Å². The van der Waals surface area contributed by atoms with Crippen molar-refractivity contribution in [1.82, 2.24) is 10.1 Å². The van der Waals surface area contributed by atoms with Crippen molar-refractivity contribution >= 4 is 0 Å². The van der Waals surface area contributed by atoms with Crippen molar-refractivity contribution < 1.29 is 18.0 Å². The van der Waals surface area contributed by atoms with E-state index in [2.05, 4.69) is 10.1 Å². The monoisotopic (exact) mass is 356 g/mol. The topological polar surface area (TPSA) is 48.2 Å². The van der Waals surface area contributed by atoms with Gasteiger partial charge in [0.05, 0.1) is 5.41 Å². The normalized spacial score (nSPS) is 16.5. The third-order valence-corrected chi connectivity index (χ3v) is 4.90. The molecule has 0 amide bonds. The first-order valence-corrected chi connectivity index (χ1v) is 8.57. The Bertz CT molecular complexity index is 870. The van der Waals surface area contributed by atoms with E-state index in [0.29, 0.717) is 44.2 Å². The first-order valence-electron chi connectivity index (χ1n) is 8.57. The maximum Gasteiger partial charge on any atom is 0.237 e. The van der Waals surface area contributed by atoms with Gasteiger partial charge in [-0.25, -0.2) is 8.78 Å². The first-order chi connectivity index (χ1) is 12.7. The zero-order valence-corrected chi connectivity index (χ0v) is 14.1. The lowest BCUT2D eigenvalue weighted by Gasteiger charge is -2.34. The average molecular weight is 356 g/mol. The average Bonchev–Trinajstić information content (AvgIpc) is 3.14. The van der Waals surface area contributed by atoms with Crippen LogP contribution in [0.2, 0.25) is 0 Å². The Labute approximate surface area is 149 Å². The molecule has 2 heterocycles. The highest BCUT2D eigenvalue weighted by atomic mass is 19.1. The lowest BCUT2D eigenvalue weighted by atomic mass is 9.74. The minimum absolute atomic E-state index is 0.278. The number of ether oxygens (including phenoxy) is 1. The van der Waals surface area contributed by atoms with Crippen LogP contribution in [0.3, 0.4) is 0 Å². The summed E-state index contributed by atoms with van der Waals surface area (Å²) in [7, 11) is 0. The highest BCUT2D eigenvalue weighted by molar-refractivity contribution is 5.33. The molecule has 1 aliphatic heterocycles. The second-order valence-electron chi connectivity index (χ2n) is 6.52. The summed E-state index contributed by atoms with van der Waals surface area (Å²) in [6.45, 7) is 1.15. The lowest BCUT2D eigenvalue weighted by Crippen LogP contribution is -2.35. The van der Waals surface area contributed by atoms with E-state index in [0.717, 1.165) is 11.1 Å². The predicted molar refractivity (Wildman–Crippen MR) is 90.7 cm³/mol. The van der Waals surface area contributed by atoms with Crippen molar-refractivity contribution in [2.45, 2.75) is 24.7 Å². The second-order valence-corrected chi connectivity index (χ2v) is 6.52. The van der Waals surface area contributed by atoms with Gasteiger partial charge in [-0.15, -0.1) is 0 Å². The molecule has 0 unspecified atom stereocenters. The molecule has 0 atom stereocenters. The molecular formula is C20H18F2N2O2. The zero-order valence-electron chi connectivity index (χ0n) is 14.1. The van der Waals surface area contributed by atoms with Crippen LogP contribution >= 0.6 is 0 Å². The second kappa shape index (κ2) is 6.96. The Hall–Kier alpha value is -2.60. The lowest BCUT2D eigenvalue weighted by molar-refractivity contribution is 0.0523. The number of rotatable bonds is 4. The van der Waals surface area contributed by atoms with Crippen LogP contribution in [0.15, 0.2) is 53.1 Å². The van der Waals surface area contributed by atoms with Gasteiger partial charge in [-0.3, -0.25) is 0 Å². The smallest absolute Gasteiger partial charge is 0.237 e. The molecule has 0 radical (unpaired) electrons. The molecule has 6 heteroatoms. The van der Waals surface area contributed by atoms with Crippen molar-refractivity contribution in [1.29, 1.82) is 0 Å². The largest absolute Gasteiger partial charge is 0.381 e. The van der Waals surface area contributed by atoms with E-state index >= 15 is 0 Å². The van der Waals surface area contributed by atoms with E-state index in [1.54, 1.807) is 24.3 Å². The van der Waals surface area contributed by atoms with Crippen LogP contribution in [-0.4, -0.2) is 23.4 Å². The van der Waals surface area contributed by atoms with E-state index in [-0.39, 0.29) is 11.6 Å². The fourth-order valence-electron chi connectivity index (χ4n) is 3.42. The van der Waals surface area contributed by atoms with Crippen molar-refractivity contribution in [3.63, 3.8) is 0 Å². The Kier molecular flexibility index (Phi) is 4.51. The van der Waals surface area contributed by atoms with E-state index in [4.69, 9.17) is 9.26 Å². The number of halogens is 2. The fraction of sp³-hybridized carbons (Fsp3) is 0.300. The number of hydrogen-bond donors (Lipinski definition) is 0. The van der Waals surface area contributed by atoms with Crippen LogP contribution in [0.4, 0.5) is 8.78 Å². The molecule has 4 rings (SSSR count). The highest BCUT2D eigenvalue weighted by Crippen LogP contribution is 2.40. The Morgan fingerprint density at radius 1 is 0.885 bits per heavy atom. The van der Waals surface area contributed by atoms with Gasteiger partial charge in [0.1, 0.15) is 11.6 Å². The van der Waals surface area contributed by atoms with Crippen molar-refractivity contribution in [3.8, 4) is 0 Å². The van der Waals surface area contributed by atoms with E-state index in [1.165, 1.54) is 24.3 Å². The molecule has 1 saturated heterocycles. The molecule has 0 aliphatic carbocycles. The molecule has 134 valence electrons. The molecule has 0 saturated carbocycles. The summed E-state index contributed by atoms with van der Waals surface area (Å²) in [6.07, 6.45) is 1.84. The molecule has 1 fully saturated rings. The minimum Gasteiger partial charge on any atom is -0.381 e. The quantitative estimate of drug-likeness (QED) is 0.708. The molecule has 26 heavy (non-hydrogen) atoms. The molecule has 4 nitrogen and oxygen atoms in total. The van der Waals surface area contributed by atoms with Crippen LogP contribution in [0.1, 0.15) is 35.7 Å². The molecule has 0 N–H and O–H groups in total. The van der Waals surface area contributed by atoms with Gasteiger partial charge < -0.3 is 9.26 Å². The van der Waals surface area contributed by atoms with E-state index < -0.39 is 5.41 Å². The molecule has 2 aromatic carbocycles. The maximum absolute atomic E-state index is 13.4. The summed E-state index contributed by atoms with van der Waals surface area (Å²) >= 11 is 0. The van der Waals surface area contributed by atoms with Gasteiger partial charge in [-0.05, 0) is 48.2 Å². The van der Waals surface area contributed by atoms with Crippen LogP contribution in [-0.2, 0) is 16.6 Å². The number of benzene rings is 2. The van der Waals surface area contributed by atoms with Gasteiger partial charge in [0.25, 0.3) is 0 Å². The molecule has 0 spiro atoms. The van der Waals surface area contributed by atoms with E-state index in [9.17, 15) is 8.78 Å². The Balaban J connectivity index is 1.65. The molecule has 1 aliphatic rings. The van der Waals surface area contributed by atoms with E-state index in [1.807, 2.05) is 0 Å². The van der Waals surface area contributed by atoms with Crippen LogP contribution in [0.25, 0.3) is 0 Å². The zero-order chi connectivity index (χ0) is 18.0. The molecule has 3 aromatic rings. The third kappa shape index (κ3) is 3.24. The third-order valence-electron chi connectivity index (χ3n) is 4.90. The van der Waals surface area contributed by atoms with Crippen LogP contribution in [0, 0.1) is 11.6 Å². The summed E-state index contributed by atoms with van der Waals surface area (Å²) < 4.78 is 37.5. The molecule has 1 aromatic heterocycles. The predicted octanol–water partition coefficient (Wildman–Crippen LogP) is 4.04. The van der Waals surface area contributed by atoms with Gasteiger partial charge in [-0.1, -0.05) is 29.4 Å². The maximum atomic E-state index is 13.4. The molecule has 0 bridgehead atoms. The summed E-state index contributed by atoms with van der Waals surface area (Å²) in [5.41, 5.74) is 1.38. The number of nitrogens with zero attached hydrogens (tertiary/aromatic N) is 2.